The van der Waals surface area contributed by atoms with Crippen LogP contribution in [0.5, 0.6) is 0 Å². The number of halogens is 1. The van der Waals surface area contributed by atoms with E-state index in [0.717, 1.165) is 94.9 Å². The van der Waals surface area contributed by atoms with Crippen molar-refractivity contribution in [3.05, 3.63) is 149 Å². The second kappa shape index (κ2) is 20.3. The smallest absolute Gasteiger partial charge is 0.293 e. The number of carbonyl (C=O) groups excluding carboxylic acids is 1. The Morgan fingerprint density at radius 1 is 0.839 bits per heavy atom. The Kier molecular flexibility index (Phi) is 14.4. The average molecular weight is 873 g/mol. The third-order valence-corrected chi connectivity index (χ3v) is 13.2. The molecule has 11 nitrogen and oxygen atoms in total. The predicted octanol–water partition coefficient (Wildman–Crippen LogP) is 10.0. The Balaban J connectivity index is 0.978. The number of piperazine rings is 1. The third-order valence-electron chi connectivity index (χ3n) is 11.2. The van der Waals surface area contributed by atoms with Crippen molar-refractivity contribution in [1.82, 2.24) is 14.8 Å². The summed E-state index contributed by atoms with van der Waals surface area (Å²) in [6, 6.07) is 38.6. The van der Waals surface area contributed by atoms with Gasteiger partial charge in [0.15, 0.2) is 0 Å². The van der Waals surface area contributed by atoms with E-state index >= 15 is 0 Å². The lowest BCUT2D eigenvalue weighted by Gasteiger charge is -2.37. The molecule has 62 heavy (non-hydrogen) atoms. The number of benzene rings is 5. The van der Waals surface area contributed by atoms with Crippen molar-refractivity contribution in [3.8, 4) is 22.4 Å². The van der Waals surface area contributed by atoms with E-state index in [2.05, 4.69) is 66.5 Å². The van der Waals surface area contributed by atoms with Gasteiger partial charge in [0.25, 0.3) is 11.6 Å². The predicted molar refractivity (Wildman–Crippen MR) is 256 cm³/mol. The molecule has 2 heterocycles. The van der Waals surface area contributed by atoms with Crippen molar-refractivity contribution < 1.29 is 14.1 Å². The lowest BCUT2D eigenvalue weighted by Crippen LogP contribution is -2.46. The Bertz CT molecular complexity index is 2470. The average Bonchev–Trinajstić information content (AvgIpc) is 3.56. The van der Waals surface area contributed by atoms with E-state index in [1.165, 1.54) is 29.0 Å². The van der Waals surface area contributed by atoms with Crippen molar-refractivity contribution in [2.75, 3.05) is 79.5 Å². The molecule has 1 saturated heterocycles. The van der Waals surface area contributed by atoms with E-state index in [4.69, 9.17) is 0 Å². The zero-order valence-corrected chi connectivity index (χ0v) is 37.4. The highest BCUT2D eigenvalue weighted by atomic mass is 32.2. The van der Waals surface area contributed by atoms with E-state index < -0.39 is 0 Å². The van der Waals surface area contributed by atoms with Gasteiger partial charge < -0.3 is 34.6 Å². The van der Waals surface area contributed by atoms with Crippen molar-refractivity contribution in [2.24, 2.45) is 7.05 Å². The number of hydrogen-bond acceptors (Lipinski definition) is 10. The summed E-state index contributed by atoms with van der Waals surface area (Å²) in [5, 5.41) is 18.6. The number of thioether (sulfide) groups is 1. The molecule has 14 heteroatoms. The van der Waals surface area contributed by atoms with Crippen molar-refractivity contribution in [3.63, 3.8) is 0 Å². The minimum absolute atomic E-state index is 0.0446. The first kappa shape index (κ1) is 44.1. The summed E-state index contributed by atoms with van der Waals surface area (Å²) in [4.78, 5) is 34.0. The van der Waals surface area contributed by atoms with Gasteiger partial charge in [-0.3, -0.25) is 14.9 Å². The lowest BCUT2D eigenvalue weighted by molar-refractivity contribution is -0.384. The molecule has 1 fully saturated rings. The highest BCUT2D eigenvalue weighted by Gasteiger charge is 2.27. The zero-order valence-electron chi connectivity index (χ0n) is 35.7. The van der Waals surface area contributed by atoms with Gasteiger partial charge in [0.05, 0.1) is 16.2 Å². The fourth-order valence-electron chi connectivity index (χ4n) is 7.76. The fraction of sp³-hybridized carbons (Fsp3) is 0.271. The van der Waals surface area contributed by atoms with E-state index in [0.29, 0.717) is 11.3 Å². The molecule has 5 aromatic carbocycles. The number of aromatic nitrogens is 1. The van der Waals surface area contributed by atoms with Gasteiger partial charge in [0.2, 0.25) is 0 Å². The number of anilines is 4. The molecule has 1 atom stereocenters. The number of nitro benzene ring substituents is 1. The van der Waals surface area contributed by atoms with Crippen LogP contribution in [-0.4, -0.2) is 86.0 Å². The van der Waals surface area contributed by atoms with Crippen LogP contribution in [0.1, 0.15) is 22.5 Å². The van der Waals surface area contributed by atoms with Crippen LogP contribution in [0.25, 0.3) is 22.4 Å². The van der Waals surface area contributed by atoms with E-state index in [9.17, 15) is 19.3 Å². The summed E-state index contributed by atoms with van der Waals surface area (Å²) >= 11 is 3.09. The minimum atomic E-state index is -0.315. The molecule has 0 spiro atoms. The molecule has 0 radical (unpaired) electrons. The third kappa shape index (κ3) is 10.6. The largest absolute Gasteiger partial charge is 0.376 e. The molecule has 3 N–H and O–H groups in total. The standard InChI is InChI=1S/C48H53FN8O3S2/c1-33-45(48(58)50-2)46(47(54(33)5)34-14-16-36(49)17-15-34)35-10-9-11-40(30-35)56-28-26-55(27-29-56)39-20-18-37(19-21-39)52-62-42-22-23-43(44(31-42)57(59)60)51-38(24-25-53(3)4)32-61-41-12-7-6-8-13-41/h6-23,30-31,38,51-52H,24-29,32H2,1-5H3,(H,50,58)/t38-/m1/s1. The van der Waals surface area contributed by atoms with Gasteiger partial charge in [-0.05, 0) is 142 Å². The maximum absolute atomic E-state index is 13.9. The van der Waals surface area contributed by atoms with E-state index in [-0.39, 0.29) is 28.4 Å². The molecule has 0 saturated carbocycles. The first-order valence-electron chi connectivity index (χ1n) is 20.7. The van der Waals surface area contributed by atoms with Crippen molar-refractivity contribution in [1.29, 1.82) is 0 Å². The molecule has 0 unspecified atom stereocenters. The summed E-state index contributed by atoms with van der Waals surface area (Å²) < 4.78 is 19.3. The van der Waals surface area contributed by atoms with Crippen LogP contribution in [0.3, 0.4) is 0 Å². The number of hydrogen-bond donors (Lipinski definition) is 3. The molecule has 0 aliphatic carbocycles. The fourth-order valence-corrected chi connectivity index (χ4v) is 9.44. The van der Waals surface area contributed by atoms with Gasteiger partial charge in [0, 0.05) is 96.2 Å². The number of rotatable bonds is 17. The molecule has 1 aromatic heterocycles. The maximum atomic E-state index is 13.9. The van der Waals surface area contributed by atoms with Crippen LogP contribution in [-0.2, 0) is 7.05 Å². The maximum Gasteiger partial charge on any atom is 0.293 e. The number of nitrogens with one attached hydrogen (secondary N) is 3. The Labute approximate surface area is 372 Å². The summed E-state index contributed by atoms with van der Waals surface area (Å²) in [6.45, 7) is 6.07. The SMILES string of the molecule is CNC(=O)c1c(-c2cccc(N3CCN(c4ccc(NSc5ccc(N[C@H](CCN(C)C)CSc6ccccc6)c([N+](=O)[O-])c5)cc4)CC3)c2)c(-c2ccc(F)cc2)n(C)c1C. The number of nitrogens with zero attached hydrogens (tertiary/aromatic N) is 5. The van der Waals surface area contributed by atoms with Crippen LogP contribution in [0, 0.1) is 22.9 Å². The van der Waals surface area contributed by atoms with Gasteiger partial charge in [-0.2, -0.15) is 0 Å². The quantitative estimate of drug-likeness (QED) is 0.0355. The summed E-state index contributed by atoms with van der Waals surface area (Å²) in [5.41, 5.74) is 8.54. The zero-order chi connectivity index (χ0) is 43.8. The molecular formula is C48H53FN8O3S2. The molecule has 1 aliphatic heterocycles. The van der Waals surface area contributed by atoms with Crippen LogP contribution >= 0.6 is 23.7 Å². The van der Waals surface area contributed by atoms with Gasteiger partial charge in [-0.1, -0.05) is 30.3 Å². The minimum Gasteiger partial charge on any atom is -0.376 e. The number of carbonyl (C=O) groups is 1. The topological polar surface area (TPSA) is 111 Å². The first-order chi connectivity index (χ1) is 30.0. The van der Waals surface area contributed by atoms with Gasteiger partial charge in [-0.15, -0.1) is 11.8 Å². The van der Waals surface area contributed by atoms with Crippen LogP contribution < -0.4 is 25.2 Å². The molecule has 6 aromatic rings. The van der Waals surface area contributed by atoms with Crippen molar-refractivity contribution in [2.45, 2.75) is 29.2 Å². The molecule has 1 amide bonds. The Hall–Kier alpha value is -5.96. The lowest BCUT2D eigenvalue weighted by atomic mass is 9.96. The van der Waals surface area contributed by atoms with E-state index in [1.807, 2.05) is 87.2 Å². The van der Waals surface area contributed by atoms with Crippen LogP contribution in [0.15, 0.2) is 131 Å². The van der Waals surface area contributed by atoms with E-state index in [1.54, 1.807) is 37.0 Å². The normalized spacial score (nSPS) is 13.3. The number of nitro groups is 1. The van der Waals surface area contributed by atoms with Gasteiger partial charge in [-0.25, -0.2) is 4.39 Å². The second-order valence-corrected chi connectivity index (χ2v) is 17.6. The van der Waals surface area contributed by atoms with Gasteiger partial charge >= 0.3 is 0 Å². The Morgan fingerprint density at radius 2 is 1.53 bits per heavy atom. The van der Waals surface area contributed by atoms with Crippen LogP contribution in [0.2, 0.25) is 0 Å². The Morgan fingerprint density at radius 3 is 2.19 bits per heavy atom. The second-order valence-electron chi connectivity index (χ2n) is 15.6. The summed E-state index contributed by atoms with van der Waals surface area (Å²) in [7, 11) is 7.65. The summed E-state index contributed by atoms with van der Waals surface area (Å²) in [6.07, 6.45) is 0.847. The molecule has 7 rings (SSSR count). The van der Waals surface area contributed by atoms with Crippen LogP contribution in [0.4, 0.5) is 32.8 Å². The molecule has 322 valence electrons. The molecule has 0 bridgehead atoms. The first-order valence-corrected chi connectivity index (χ1v) is 22.5. The molecular weight excluding hydrogens is 820 g/mol. The molecule has 1 aliphatic rings. The van der Waals surface area contributed by atoms with Crippen molar-refractivity contribution >= 4 is 58.1 Å². The number of amides is 1. The summed E-state index contributed by atoms with van der Waals surface area (Å²) in [5.74, 6) is 0.307. The monoisotopic (exact) mass is 872 g/mol. The highest BCUT2D eigenvalue weighted by Crippen LogP contribution is 2.40. The van der Waals surface area contributed by atoms with Gasteiger partial charge in [0.1, 0.15) is 11.5 Å². The highest BCUT2D eigenvalue weighted by molar-refractivity contribution is 8.00.